The second kappa shape index (κ2) is 4.99. The summed E-state index contributed by atoms with van der Waals surface area (Å²) in [6.45, 7) is 2.58. The van der Waals surface area contributed by atoms with Gasteiger partial charge in [0, 0.05) is 17.0 Å². The van der Waals surface area contributed by atoms with E-state index >= 15 is 0 Å². The molecular formula is C13H12FN3OS2. The molecule has 0 aliphatic carbocycles. The Morgan fingerprint density at radius 2 is 2.30 bits per heavy atom. The lowest BCUT2D eigenvalue weighted by Gasteiger charge is -2.06. The summed E-state index contributed by atoms with van der Waals surface area (Å²) in [5.74, 6) is -0.196. The number of rotatable bonds is 3. The molecule has 7 heteroatoms. The van der Waals surface area contributed by atoms with E-state index in [1.807, 2.05) is 17.0 Å². The molecule has 0 bridgehead atoms. The van der Waals surface area contributed by atoms with E-state index < -0.39 is 5.82 Å². The standard InChI is InChI=1S/C13H12FN3OS2/c1-7-12(20-6-15-7)5-17-10-4-11(18-2)8(14)3-9(10)16-13(17)19/h3-4,6H,5H2,1-2H3,(H,16,19). The molecule has 4 nitrogen and oxygen atoms in total. The smallest absolute Gasteiger partial charge is 0.178 e. The van der Waals surface area contributed by atoms with Crippen LogP contribution in [0.25, 0.3) is 11.0 Å². The number of aromatic amines is 1. The van der Waals surface area contributed by atoms with Crippen molar-refractivity contribution in [3.05, 3.63) is 38.8 Å². The van der Waals surface area contributed by atoms with E-state index in [2.05, 4.69) is 9.97 Å². The molecule has 0 aliphatic heterocycles. The number of fused-ring (bicyclic) bond motifs is 1. The Hall–Kier alpha value is -1.73. The lowest BCUT2D eigenvalue weighted by molar-refractivity contribution is 0.387. The Morgan fingerprint density at radius 3 is 2.95 bits per heavy atom. The van der Waals surface area contributed by atoms with Crippen LogP contribution in [0.4, 0.5) is 4.39 Å². The number of aromatic nitrogens is 3. The van der Waals surface area contributed by atoms with Crippen molar-refractivity contribution in [2.24, 2.45) is 0 Å². The van der Waals surface area contributed by atoms with Crippen LogP contribution >= 0.6 is 23.6 Å². The van der Waals surface area contributed by atoms with Gasteiger partial charge in [-0.15, -0.1) is 11.3 Å². The first-order valence-corrected chi connectivity index (χ1v) is 7.24. The van der Waals surface area contributed by atoms with Crippen LogP contribution in [-0.2, 0) is 6.54 Å². The van der Waals surface area contributed by atoms with Crippen molar-refractivity contribution in [1.29, 1.82) is 0 Å². The van der Waals surface area contributed by atoms with Gasteiger partial charge in [0.2, 0.25) is 0 Å². The second-order valence-corrected chi connectivity index (χ2v) is 5.71. The molecule has 2 aromatic heterocycles. The van der Waals surface area contributed by atoms with E-state index in [1.54, 1.807) is 17.4 Å². The van der Waals surface area contributed by atoms with Gasteiger partial charge >= 0.3 is 0 Å². The van der Waals surface area contributed by atoms with Gasteiger partial charge in [-0.2, -0.15) is 0 Å². The molecule has 2 heterocycles. The Labute approximate surface area is 123 Å². The van der Waals surface area contributed by atoms with Crippen LogP contribution in [0.1, 0.15) is 10.6 Å². The fourth-order valence-electron chi connectivity index (χ4n) is 2.09. The zero-order valence-corrected chi connectivity index (χ0v) is 12.6. The van der Waals surface area contributed by atoms with Crippen molar-refractivity contribution in [2.45, 2.75) is 13.5 Å². The highest BCUT2D eigenvalue weighted by Gasteiger charge is 2.12. The Balaban J connectivity index is 2.17. The Kier molecular flexibility index (Phi) is 3.31. The Bertz CT molecular complexity index is 834. The van der Waals surface area contributed by atoms with E-state index in [9.17, 15) is 4.39 Å². The summed E-state index contributed by atoms with van der Waals surface area (Å²) >= 11 is 6.90. The quantitative estimate of drug-likeness (QED) is 0.751. The van der Waals surface area contributed by atoms with Crippen LogP contribution in [0.5, 0.6) is 5.75 Å². The molecule has 0 unspecified atom stereocenters. The summed E-state index contributed by atoms with van der Waals surface area (Å²) in [4.78, 5) is 8.38. The summed E-state index contributed by atoms with van der Waals surface area (Å²) in [6.07, 6.45) is 0. The van der Waals surface area contributed by atoms with E-state index in [0.717, 1.165) is 16.1 Å². The molecule has 0 saturated carbocycles. The molecule has 1 aromatic carbocycles. The summed E-state index contributed by atoms with van der Waals surface area (Å²) in [6, 6.07) is 3.06. The van der Waals surface area contributed by atoms with E-state index in [1.165, 1.54) is 13.2 Å². The van der Waals surface area contributed by atoms with Crippen molar-refractivity contribution in [1.82, 2.24) is 14.5 Å². The van der Waals surface area contributed by atoms with Crippen molar-refractivity contribution in [2.75, 3.05) is 7.11 Å². The molecule has 1 N–H and O–H groups in total. The van der Waals surface area contributed by atoms with Gasteiger partial charge in [-0.3, -0.25) is 0 Å². The lowest BCUT2D eigenvalue weighted by atomic mass is 10.2. The normalized spacial score (nSPS) is 11.2. The topological polar surface area (TPSA) is 42.8 Å². The number of nitrogens with zero attached hydrogens (tertiary/aromatic N) is 2. The summed E-state index contributed by atoms with van der Waals surface area (Å²) in [5, 5.41) is 0. The number of nitrogens with one attached hydrogen (secondary N) is 1. The number of methoxy groups -OCH3 is 1. The minimum atomic E-state index is -0.405. The second-order valence-electron chi connectivity index (χ2n) is 4.38. The number of H-pyrrole nitrogens is 1. The van der Waals surface area contributed by atoms with Crippen LogP contribution in [-0.4, -0.2) is 21.6 Å². The van der Waals surface area contributed by atoms with E-state index in [-0.39, 0.29) is 5.75 Å². The summed E-state index contributed by atoms with van der Waals surface area (Å²) in [5.41, 5.74) is 4.28. The average molecular weight is 309 g/mol. The van der Waals surface area contributed by atoms with E-state index in [4.69, 9.17) is 17.0 Å². The molecule has 3 rings (SSSR count). The van der Waals surface area contributed by atoms with Crippen LogP contribution in [0.3, 0.4) is 0 Å². The maximum atomic E-state index is 13.7. The number of hydrogen-bond donors (Lipinski definition) is 1. The molecule has 3 aromatic rings. The Morgan fingerprint density at radius 1 is 1.50 bits per heavy atom. The zero-order chi connectivity index (χ0) is 14.3. The predicted molar refractivity (Wildman–Crippen MR) is 79.6 cm³/mol. The maximum Gasteiger partial charge on any atom is 0.178 e. The lowest BCUT2D eigenvalue weighted by Crippen LogP contribution is -2.00. The van der Waals surface area contributed by atoms with Crippen LogP contribution in [0.15, 0.2) is 17.6 Å². The highest BCUT2D eigenvalue weighted by Crippen LogP contribution is 2.26. The number of aryl methyl sites for hydroxylation is 1. The molecular weight excluding hydrogens is 297 g/mol. The SMILES string of the molecule is COc1cc2c(cc1F)[nH]c(=S)n2Cc1scnc1C. The van der Waals surface area contributed by atoms with Crippen LogP contribution in [0.2, 0.25) is 0 Å². The molecule has 0 fully saturated rings. The third kappa shape index (κ3) is 2.12. The summed E-state index contributed by atoms with van der Waals surface area (Å²) < 4.78 is 21.2. The molecule has 0 radical (unpaired) electrons. The number of halogens is 1. The zero-order valence-electron chi connectivity index (χ0n) is 10.9. The van der Waals surface area contributed by atoms with Gasteiger partial charge in [0.1, 0.15) is 0 Å². The van der Waals surface area contributed by atoms with Gasteiger partial charge in [-0.1, -0.05) is 0 Å². The molecule has 0 spiro atoms. The van der Waals surface area contributed by atoms with Crippen LogP contribution in [0, 0.1) is 17.5 Å². The first-order valence-electron chi connectivity index (χ1n) is 5.95. The molecule has 0 amide bonds. The fraction of sp³-hybridized carbons (Fsp3) is 0.231. The number of thiazole rings is 1. The average Bonchev–Trinajstić information content (AvgIpc) is 2.94. The molecule has 20 heavy (non-hydrogen) atoms. The third-order valence-electron chi connectivity index (χ3n) is 3.19. The largest absolute Gasteiger partial charge is 0.494 e. The minimum absolute atomic E-state index is 0.210. The number of ether oxygens (including phenoxy) is 1. The number of imidazole rings is 1. The first kappa shape index (κ1) is 13.3. The number of hydrogen-bond acceptors (Lipinski definition) is 4. The van der Waals surface area contributed by atoms with Crippen molar-refractivity contribution < 1.29 is 9.13 Å². The van der Waals surface area contributed by atoms with Gasteiger partial charge < -0.3 is 14.3 Å². The van der Waals surface area contributed by atoms with Crippen molar-refractivity contribution in [3.63, 3.8) is 0 Å². The minimum Gasteiger partial charge on any atom is -0.494 e. The monoisotopic (exact) mass is 309 g/mol. The fourth-order valence-corrected chi connectivity index (χ4v) is 3.13. The molecule has 0 atom stereocenters. The molecule has 0 saturated heterocycles. The summed E-state index contributed by atoms with van der Waals surface area (Å²) in [7, 11) is 1.45. The molecule has 104 valence electrons. The van der Waals surface area contributed by atoms with Gasteiger partial charge in [0.05, 0.1) is 35.9 Å². The van der Waals surface area contributed by atoms with Gasteiger partial charge in [0.25, 0.3) is 0 Å². The highest BCUT2D eigenvalue weighted by molar-refractivity contribution is 7.71. The van der Waals surface area contributed by atoms with Gasteiger partial charge in [-0.05, 0) is 19.1 Å². The third-order valence-corrected chi connectivity index (χ3v) is 4.44. The number of benzene rings is 1. The molecule has 0 aliphatic rings. The van der Waals surface area contributed by atoms with Gasteiger partial charge in [-0.25, -0.2) is 9.37 Å². The van der Waals surface area contributed by atoms with Crippen molar-refractivity contribution in [3.8, 4) is 5.75 Å². The maximum absolute atomic E-state index is 13.7. The van der Waals surface area contributed by atoms with Crippen molar-refractivity contribution >= 4 is 34.6 Å². The van der Waals surface area contributed by atoms with Gasteiger partial charge in [0.15, 0.2) is 16.3 Å². The predicted octanol–water partition coefficient (Wildman–Crippen LogP) is 3.66. The van der Waals surface area contributed by atoms with E-state index in [0.29, 0.717) is 16.8 Å². The highest BCUT2D eigenvalue weighted by atomic mass is 32.1. The first-order chi connectivity index (χ1) is 9.60. The van der Waals surface area contributed by atoms with Crippen LogP contribution < -0.4 is 4.74 Å².